The van der Waals surface area contributed by atoms with Crippen molar-refractivity contribution in [2.45, 2.75) is 32.6 Å². The molecule has 0 bridgehead atoms. The summed E-state index contributed by atoms with van der Waals surface area (Å²) in [6.45, 7) is 5.31. The summed E-state index contributed by atoms with van der Waals surface area (Å²) in [6, 6.07) is 5.77. The number of carbonyl (C=O) groups excluding carboxylic acids is 1. The molecule has 3 rings (SSSR count). The predicted molar refractivity (Wildman–Crippen MR) is 111 cm³/mol. The third kappa shape index (κ3) is 5.49. The molecule has 0 atom stereocenters. The lowest BCUT2D eigenvalue weighted by Gasteiger charge is -2.31. The maximum atomic E-state index is 11.4. The van der Waals surface area contributed by atoms with Crippen molar-refractivity contribution in [3.63, 3.8) is 0 Å². The Morgan fingerprint density at radius 1 is 1.36 bits per heavy atom. The molecule has 1 amide bonds. The molecule has 2 aliphatic rings. The lowest BCUT2D eigenvalue weighted by Crippen LogP contribution is -2.42. The second-order valence-electron chi connectivity index (χ2n) is 6.63. The number of guanidine groups is 1. The fraction of sp³-hybridized carbons (Fsp3) is 0.556. The summed E-state index contributed by atoms with van der Waals surface area (Å²) >= 11 is 0. The fourth-order valence-electron chi connectivity index (χ4n) is 3.11. The van der Waals surface area contributed by atoms with E-state index in [1.807, 2.05) is 18.2 Å². The molecule has 3 N–H and O–H groups in total. The Balaban J connectivity index is 0.00000225. The van der Waals surface area contributed by atoms with Gasteiger partial charge in [-0.3, -0.25) is 4.79 Å². The number of amides is 1. The van der Waals surface area contributed by atoms with E-state index in [4.69, 9.17) is 10.5 Å². The number of benzene rings is 1. The lowest BCUT2D eigenvalue weighted by molar-refractivity contribution is -0.116. The highest BCUT2D eigenvalue weighted by molar-refractivity contribution is 14.0. The van der Waals surface area contributed by atoms with E-state index in [-0.39, 0.29) is 29.9 Å². The molecule has 1 aromatic rings. The van der Waals surface area contributed by atoms with Crippen molar-refractivity contribution >= 4 is 41.5 Å². The quantitative estimate of drug-likeness (QED) is 0.315. The van der Waals surface area contributed by atoms with Gasteiger partial charge in [0.15, 0.2) is 5.96 Å². The van der Waals surface area contributed by atoms with Crippen LogP contribution in [0.15, 0.2) is 23.2 Å². The minimum atomic E-state index is 0. The van der Waals surface area contributed by atoms with Gasteiger partial charge in [-0.1, -0.05) is 6.92 Å². The van der Waals surface area contributed by atoms with E-state index in [1.54, 1.807) is 0 Å². The van der Waals surface area contributed by atoms with E-state index in [0.29, 0.717) is 25.5 Å². The smallest absolute Gasteiger partial charge is 0.224 e. The molecule has 7 heteroatoms. The summed E-state index contributed by atoms with van der Waals surface area (Å²) < 4.78 is 5.76. The number of rotatable bonds is 4. The van der Waals surface area contributed by atoms with E-state index in [9.17, 15) is 4.79 Å². The Labute approximate surface area is 166 Å². The van der Waals surface area contributed by atoms with Gasteiger partial charge in [-0.2, -0.15) is 0 Å². The highest BCUT2D eigenvalue weighted by Gasteiger charge is 2.17. The van der Waals surface area contributed by atoms with E-state index >= 15 is 0 Å². The van der Waals surface area contributed by atoms with Crippen LogP contribution >= 0.6 is 24.0 Å². The molecule has 2 aliphatic heterocycles. The van der Waals surface area contributed by atoms with Crippen molar-refractivity contribution in [3.8, 4) is 5.75 Å². The summed E-state index contributed by atoms with van der Waals surface area (Å²) in [5.74, 6) is 2.29. The van der Waals surface area contributed by atoms with Crippen LogP contribution in [0.2, 0.25) is 0 Å². The monoisotopic (exact) mass is 458 g/mol. The maximum absolute atomic E-state index is 11.4. The van der Waals surface area contributed by atoms with Crippen LogP contribution in [0.5, 0.6) is 5.75 Å². The first-order chi connectivity index (χ1) is 11.6. The summed E-state index contributed by atoms with van der Waals surface area (Å²) in [5.41, 5.74) is 8.07. The molecular weight excluding hydrogens is 431 g/mol. The third-order valence-corrected chi connectivity index (χ3v) is 4.71. The number of hydrogen-bond acceptors (Lipinski definition) is 3. The molecule has 25 heavy (non-hydrogen) atoms. The molecule has 0 unspecified atom stereocenters. The van der Waals surface area contributed by atoms with Crippen molar-refractivity contribution in [2.75, 3.05) is 31.6 Å². The van der Waals surface area contributed by atoms with Crippen LogP contribution < -0.4 is 15.8 Å². The van der Waals surface area contributed by atoms with Crippen LogP contribution in [0.3, 0.4) is 0 Å². The van der Waals surface area contributed by atoms with E-state index in [0.717, 1.165) is 42.4 Å². The number of hydrogen-bond donors (Lipinski definition) is 2. The van der Waals surface area contributed by atoms with Gasteiger partial charge >= 0.3 is 0 Å². The number of aliphatic imine (C=N–C) groups is 1. The van der Waals surface area contributed by atoms with Crippen LogP contribution in [0.4, 0.5) is 5.69 Å². The number of carbonyl (C=O) groups is 1. The Morgan fingerprint density at radius 3 is 2.88 bits per heavy atom. The summed E-state index contributed by atoms with van der Waals surface area (Å²) in [4.78, 5) is 17.9. The average Bonchev–Trinajstić information content (AvgIpc) is 2.59. The summed E-state index contributed by atoms with van der Waals surface area (Å²) in [5, 5.41) is 2.87. The van der Waals surface area contributed by atoms with Crippen molar-refractivity contribution in [1.82, 2.24) is 4.90 Å². The number of likely N-dealkylation sites (tertiary alicyclic amines) is 1. The number of anilines is 1. The van der Waals surface area contributed by atoms with Gasteiger partial charge in [-0.25, -0.2) is 4.99 Å². The van der Waals surface area contributed by atoms with E-state index < -0.39 is 0 Å². The molecule has 138 valence electrons. The maximum Gasteiger partial charge on any atom is 0.224 e. The number of ether oxygens (including phenoxy) is 1. The number of nitrogens with zero attached hydrogens (tertiary/aromatic N) is 2. The number of halogens is 1. The van der Waals surface area contributed by atoms with Gasteiger partial charge in [0.05, 0.1) is 6.54 Å². The number of piperidine rings is 1. The summed E-state index contributed by atoms with van der Waals surface area (Å²) in [6.07, 6.45) is 3.65. The molecule has 6 nitrogen and oxygen atoms in total. The van der Waals surface area contributed by atoms with Crippen molar-refractivity contribution in [2.24, 2.45) is 16.6 Å². The topological polar surface area (TPSA) is 79.9 Å². The number of aryl methyl sites for hydroxylation is 1. The van der Waals surface area contributed by atoms with Gasteiger partial charge < -0.3 is 20.7 Å². The van der Waals surface area contributed by atoms with E-state index in [1.165, 1.54) is 12.8 Å². The average molecular weight is 458 g/mol. The van der Waals surface area contributed by atoms with Gasteiger partial charge in [0, 0.05) is 25.2 Å². The zero-order valence-corrected chi connectivity index (χ0v) is 17.0. The lowest BCUT2D eigenvalue weighted by atomic mass is 10.00. The third-order valence-electron chi connectivity index (χ3n) is 4.71. The molecule has 0 radical (unpaired) electrons. The largest absolute Gasteiger partial charge is 0.492 e. The van der Waals surface area contributed by atoms with Crippen molar-refractivity contribution < 1.29 is 9.53 Å². The van der Waals surface area contributed by atoms with Crippen LogP contribution in [-0.2, 0) is 11.2 Å². The first kappa shape index (κ1) is 19.8. The molecule has 0 aliphatic carbocycles. The second kappa shape index (κ2) is 9.26. The van der Waals surface area contributed by atoms with Gasteiger partial charge in [0.2, 0.25) is 5.91 Å². The van der Waals surface area contributed by atoms with Gasteiger partial charge in [0.25, 0.3) is 0 Å². The molecule has 0 saturated carbocycles. The van der Waals surface area contributed by atoms with Crippen molar-refractivity contribution in [3.05, 3.63) is 23.8 Å². The predicted octanol–water partition coefficient (Wildman–Crippen LogP) is 2.61. The molecule has 2 heterocycles. The first-order valence-corrected chi connectivity index (χ1v) is 8.72. The molecule has 0 aromatic heterocycles. The SMILES string of the molecule is CC1CCN(C(N)=NCCOc2ccc3c(c2)CCC(=O)N3)CC1.I. The van der Waals surface area contributed by atoms with Crippen LogP contribution in [0, 0.1) is 5.92 Å². The first-order valence-electron chi connectivity index (χ1n) is 8.72. The molecule has 0 spiro atoms. The second-order valence-corrected chi connectivity index (χ2v) is 6.63. The van der Waals surface area contributed by atoms with Crippen LogP contribution in [-0.4, -0.2) is 43.0 Å². The highest BCUT2D eigenvalue weighted by atomic mass is 127. The minimum Gasteiger partial charge on any atom is -0.492 e. The molecular formula is C18H27IN4O2. The zero-order valence-electron chi connectivity index (χ0n) is 14.7. The minimum absolute atomic E-state index is 0. The molecule has 1 fully saturated rings. The summed E-state index contributed by atoms with van der Waals surface area (Å²) in [7, 11) is 0. The fourth-order valence-corrected chi connectivity index (χ4v) is 3.11. The Kier molecular flexibility index (Phi) is 7.34. The Hall–Kier alpha value is -1.51. The zero-order chi connectivity index (χ0) is 16.9. The van der Waals surface area contributed by atoms with Crippen LogP contribution in [0.1, 0.15) is 31.7 Å². The van der Waals surface area contributed by atoms with Crippen LogP contribution in [0.25, 0.3) is 0 Å². The van der Waals surface area contributed by atoms with Gasteiger partial charge in [-0.05, 0) is 48.9 Å². The Morgan fingerprint density at radius 2 is 2.12 bits per heavy atom. The number of nitrogens with two attached hydrogens (primary N) is 1. The van der Waals surface area contributed by atoms with E-state index in [2.05, 4.69) is 22.1 Å². The number of nitrogens with one attached hydrogen (secondary N) is 1. The molecule has 1 aromatic carbocycles. The number of fused-ring (bicyclic) bond motifs is 1. The van der Waals surface area contributed by atoms with Crippen molar-refractivity contribution in [1.29, 1.82) is 0 Å². The Bertz CT molecular complexity index is 628. The normalized spacial score (nSPS) is 18.2. The standard InChI is InChI=1S/C18H26N4O2.HI/c1-13-6-9-22(10-7-13)18(19)20-8-11-24-15-3-4-16-14(12-15)2-5-17(23)21-16;/h3-4,12-13H,2,5-11H2,1H3,(H2,19,20)(H,21,23);1H. The highest BCUT2D eigenvalue weighted by Crippen LogP contribution is 2.26. The molecule has 1 saturated heterocycles. The van der Waals surface area contributed by atoms with Gasteiger partial charge in [0.1, 0.15) is 12.4 Å². The van der Waals surface area contributed by atoms with Gasteiger partial charge in [-0.15, -0.1) is 24.0 Å².